The molecule has 1 aliphatic carbocycles. The Kier molecular flexibility index (Phi) is 3.50. The van der Waals surface area contributed by atoms with Gasteiger partial charge >= 0.3 is 0 Å². The van der Waals surface area contributed by atoms with Crippen molar-refractivity contribution in [1.29, 1.82) is 0 Å². The Labute approximate surface area is 118 Å². The van der Waals surface area contributed by atoms with Gasteiger partial charge in [-0.25, -0.2) is 9.97 Å². The lowest BCUT2D eigenvalue weighted by atomic mass is 10.0. The van der Waals surface area contributed by atoms with Crippen LogP contribution in [0.1, 0.15) is 29.7 Å². The molecular weight excluding hydrogens is 248 g/mol. The van der Waals surface area contributed by atoms with Crippen molar-refractivity contribution in [1.82, 2.24) is 9.97 Å². The standard InChI is InChI=1S/C17H18N2O/c1-12-9-13(7-8-17(12)20-2)10-16-14-5-3-4-6-15(14)18-11-19-16/h5-9,11H,3-4,10H2,1-2H3. The van der Waals surface area contributed by atoms with Crippen LogP contribution in [0.2, 0.25) is 0 Å². The number of aromatic nitrogens is 2. The van der Waals surface area contributed by atoms with Gasteiger partial charge in [-0.05, 0) is 37.0 Å². The molecule has 0 unspecified atom stereocenters. The van der Waals surface area contributed by atoms with Crippen LogP contribution in [0, 0.1) is 6.92 Å². The molecule has 0 bridgehead atoms. The Balaban J connectivity index is 1.99. The van der Waals surface area contributed by atoms with Gasteiger partial charge in [0.15, 0.2) is 0 Å². The molecule has 20 heavy (non-hydrogen) atoms. The molecule has 2 aromatic rings. The summed E-state index contributed by atoms with van der Waals surface area (Å²) in [6.45, 7) is 2.07. The van der Waals surface area contributed by atoms with Gasteiger partial charge in [-0.3, -0.25) is 0 Å². The minimum Gasteiger partial charge on any atom is -0.496 e. The molecule has 1 heterocycles. The third-order valence-electron chi connectivity index (χ3n) is 3.68. The first-order valence-electron chi connectivity index (χ1n) is 6.91. The largest absolute Gasteiger partial charge is 0.496 e. The molecule has 0 fully saturated rings. The van der Waals surface area contributed by atoms with Crippen LogP contribution in [0.5, 0.6) is 5.75 Å². The molecule has 0 aliphatic heterocycles. The van der Waals surface area contributed by atoms with E-state index in [1.807, 2.05) is 6.07 Å². The first-order valence-corrected chi connectivity index (χ1v) is 6.91. The van der Waals surface area contributed by atoms with Gasteiger partial charge in [-0.15, -0.1) is 0 Å². The molecule has 0 saturated carbocycles. The van der Waals surface area contributed by atoms with E-state index >= 15 is 0 Å². The van der Waals surface area contributed by atoms with Crippen LogP contribution in [0.4, 0.5) is 0 Å². The molecular formula is C17H18N2O. The zero-order valence-corrected chi connectivity index (χ0v) is 11.9. The normalized spacial score (nSPS) is 13.1. The van der Waals surface area contributed by atoms with Gasteiger partial charge in [-0.2, -0.15) is 0 Å². The number of aryl methyl sites for hydroxylation is 1. The predicted molar refractivity (Wildman–Crippen MR) is 80.0 cm³/mol. The molecule has 0 radical (unpaired) electrons. The summed E-state index contributed by atoms with van der Waals surface area (Å²) in [4.78, 5) is 8.81. The van der Waals surface area contributed by atoms with E-state index in [1.54, 1.807) is 13.4 Å². The van der Waals surface area contributed by atoms with Crippen molar-refractivity contribution in [2.75, 3.05) is 7.11 Å². The van der Waals surface area contributed by atoms with Crippen LogP contribution < -0.4 is 15.3 Å². The summed E-state index contributed by atoms with van der Waals surface area (Å²) < 4.78 is 5.30. The second-order valence-electron chi connectivity index (χ2n) is 5.09. The first kappa shape index (κ1) is 12.9. The van der Waals surface area contributed by atoms with Gasteiger partial charge in [0, 0.05) is 11.6 Å². The van der Waals surface area contributed by atoms with Crippen molar-refractivity contribution in [3.63, 3.8) is 0 Å². The van der Waals surface area contributed by atoms with E-state index in [2.05, 4.69) is 41.2 Å². The summed E-state index contributed by atoms with van der Waals surface area (Å²) in [5, 5.41) is 2.28. The zero-order chi connectivity index (χ0) is 13.9. The number of rotatable bonds is 3. The van der Waals surface area contributed by atoms with Crippen LogP contribution in [-0.2, 0) is 6.42 Å². The van der Waals surface area contributed by atoms with Crippen molar-refractivity contribution in [3.8, 4) is 5.75 Å². The van der Waals surface area contributed by atoms with Gasteiger partial charge in [-0.1, -0.05) is 24.3 Å². The Morgan fingerprint density at radius 1 is 1.15 bits per heavy atom. The predicted octanol–water partition coefficient (Wildman–Crippen LogP) is 1.74. The number of hydrogen-bond donors (Lipinski definition) is 0. The first-order chi connectivity index (χ1) is 9.78. The van der Waals surface area contributed by atoms with Crippen LogP contribution in [0.3, 0.4) is 0 Å². The van der Waals surface area contributed by atoms with Gasteiger partial charge in [0.1, 0.15) is 12.1 Å². The third-order valence-corrected chi connectivity index (χ3v) is 3.68. The molecule has 0 spiro atoms. The number of hydrogen-bond acceptors (Lipinski definition) is 3. The Morgan fingerprint density at radius 2 is 2.00 bits per heavy atom. The van der Waals surface area contributed by atoms with E-state index in [1.165, 1.54) is 10.8 Å². The van der Waals surface area contributed by atoms with Gasteiger partial charge in [0.05, 0.1) is 18.2 Å². The summed E-state index contributed by atoms with van der Waals surface area (Å²) in [5.41, 5.74) is 3.52. The van der Waals surface area contributed by atoms with E-state index in [0.717, 1.165) is 41.6 Å². The fourth-order valence-electron chi connectivity index (χ4n) is 2.67. The lowest BCUT2D eigenvalue weighted by Gasteiger charge is -2.08. The fourth-order valence-corrected chi connectivity index (χ4v) is 2.67. The fraction of sp³-hybridized carbons (Fsp3) is 0.294. The SMILES string of the molecule is COc1ccc(Cc2ncnc3c2=CCCC=3)cc1C. The molecule has 3 nitrogen and oxygen atoms in total. The summed E-state index contributed by atoms with van der Waals surface area (Å²) in [6.07, 6.45) is 9.10. The van der Waals surface area contributed by atoms with Gasteiger partial charge in [0.25, 0.3) is 0 Å². The highest BCUT2D eigenvalue weighted by molar-refractivity contribution is 5.40. The topological polar surface area (TPSA) is 35.0 Å². The second-order valence-corrected chi connectivity index (χ2v) is 5.09. The highest BCUT2D eigenvalue weighted by Gasteiger charge is 2.06. The minimum absolute atomic E-state index is 0.833. The molecule has 0 amide bonds. The van der Waals surface area contributed by atoms with Crippen LogP contribution in [0.15, 0.2) is 24.5 Å². The van der Waals surface area contributed by atoms with E-state index < -0.39 is 0 Å². The number of fused-ring (bicyclic) bond motifs is 1. The summed E-state index contributed by atoms with van der Waals surface area (Å²) in [6, 6.07) is 6.29. The number of ether oxygens (including phenoxy) is 1. The lowest BCUT2D eigenvalue weighted by molar-refractivity contribution is 0.411. The highest BCUT2D eigenvalue weighted by atomic mass is 16.5. The van der Waals surface area contributed by atoms with E-state index in [0.29, 0.717) is 0 Å². The zero-order valence-electron chi connectivity index (χ0n) is 11.9. The van der Waals surface area contributed by atoms with Crippen molar-refractivity contribution >= 4 is 12.2 Å². The maximum absolute atomic E-state index is 5.30. The molecule has 3 rings (SSSR count). The summed E-state index contributed by atoms with van der Waals surface area (Å²) >= 11 is 0. The molecule has 1 aromatic heterocycles. The third kappa shape index (κ3) is 2.44. The van der Waals surface area contributed by atoms with E-state index in [9.17, 15) is 0 Å². The molecule has 1 aromatic carbocycles. The quantitative estimate of drug-likeness (QED) is 0.849. The highest BCUT2D eigenvalue weighted by Crippen LogP contribution is 2.19. The number of nitrogens with zero attached hydrogens (tertiary/aromatic N) is 2. The molecule has 0 N–H and O–H groups in total. The van der Waals surface area contributed by atoms with Gasteiger partial charge in [0.2, 0.25) is 0 Å². The molecule has 3 heteroatoms. The van der Waals surface area contributed by atoms with Crippen molar-refractivity contribution in [3.05, 3.63) is 51.9 Å². The molecule has 0 atom stereocenters. The monoisotopic (exact) mass is 266 g/mol. The summed E-state index contributed by atoms with van der Waals surface area (Å²) in [7, 11) is 1.70. The average Bonchev–Trinajstić information content (AvgIpc) is 2.48. The maximum Gasteiger partial charge on any atom is 0.121 e. The van der Waals surface area contributed by atoms with Crippen LogP contribution in [0.25, 0.3) is 12.2 Å². The average molecular weight is 266 g/mol. The van der Waals surface area contributed by atoms with Crippen molar-refractivity contribution < 1.29 is 4.74 Å². The van der Waals surface area contributed by atoms with E-state index in [-0.39, 0.29) is 0 Å². The van der Waals surface area contributed by atoms with Crippen molar-refractivity contribution in [2.45, 2.75) is 26.2 Å². The number of benzene rings is 1. The van der Waals surface area contributed by atoms with Crippen molar-refractivity contribution in [2.24, 2.45) is 0 Å². The Hall–Kier alpha value is -2.16. The van der Waals surface area contributed by atoms with E-state index in [4.69, 9.17) is 4.74 Å². The lowest BCUT2D eigenvalue weighted by Crippen LogP contribution is -2.34. The Bertz CT molecular complexity index is 750. The molecule has 0 saturated heterocycles. The summed E-state index contributed by atoms with van der Waals surface area (Å²) in [5.74, 6) is 0.929. The smallest absolute Gasteiger partial charge is 0.121 e. The van der Waals surface area contributed by atoms with Crippen LogP contribution in [-0.4, -0.2) is 17.1 Å². The molecule has 1 aliphatic rings. The number of methoxy groups -OCH3 is 1. The Morgan fingerprint density at radius 3 is 2.80 bits per heavy atom. The molecule has 102 valence electrons. The second kappa shape index (κ2) is 5.45. The minimum atomic E-state index is 0.833. The van der Waals surface area contributed by atoms with Crippen LogP contribution >= 0.6 is 0 Å². The van der Waals surface area contributed by atoms with Gasteiger partial charge < -0.3 is 4.74 Å². The maximum atomic E-state index is 5.30.